The number of ether oxygens (including phenoxy) is 1. The monoisotopic (exact) mass is 259 g/mol. The van der Waals surface area contributed by atoms with Gasteiger partial charge in [0, 0.05) is 0 Å². The summed E-state index contributed by atoms with van der Waals surface area (Å²) in [5.74, 6) is -2.30. The fraction of sp³-hybridized carbons (Fsp3) is 0.467. The van der Waals surface area contributed by atoms with Crippen molar-refractivity contribution in [1.29, 1.82) is 5.26 Å². The van der Waals surface area contributed by atoms with E-state index >= 15 is 0 Å². The van der Waals surface area contributed by atoms with E-state index in [1.165, 1.54) is 6.92 Å². The molecule has 1 aromatic rings. The summed E-state index contributed by atoms with van der Waals surface area (Å²) in [6.45, 7) is 3.39. The Morgan fingerprint density at radius 1 is 1.42 bits per heavy atom. The zero-order valence-corrected chi connectivity index (χ0v) is 11.1. The van der Waals surface area contributed by atoms with Gasteiger partial charge in [-0.3, -0.25) is 4.79 Å². The molecule has 1 heterocycles. The van der Waals surface area contributed by atoms with Gasteiger partial charge in [-0.1, -0.05) is 25.5 Å². The Labute approximate surface area is 112 Å². The summed E-state index contributed by atoms with van der Waals surface area (Å²) in [7, 11) is 0. The molecule has 100 valence electrons. The standard InChI is InChI=1S/C15H17NO3/c1-3-4-12-13(19-15(2,18)14(12)17)11-7-5-10(9-16)6-8-11/h5-8,12-13,18H,3-4H2,1-2H3/t12-,13-,15?/m0/s1. The summed E-state index contributed by atoms with van der Waals surface area (Å²) < 4.78 is 5.51. The minimum atomic E-state index is -1.71. The maximum absolute atomic E-state index is 12.1. The molecule has 1 unspecified atom stereocenters. The average molecular weight is 259 g/mol. The maximum Gasteiger partial charge on any atom is 0.224 e. The van der Waals surface area contributed by atoms with Crippen LogP contribution in [0.4, 0.5) is 0 Å². The van der Waals surface area contributed by atoms with E-state index in [-0.39, 0.29) is 11.7 Å². The van der Waals surface area contributed by atoms with E-state index in [4.69, 9.17) is 10.00 Å². The van der Waals surface area contributed by atoms with E-state index < -0.39 is 11.9 Å². The summed E-state index contributed by atoms with van der Waals surface area (Å²) in [6.07, 6.45) is 1.10. The van der Waals surface area contributed by atoms with Crippen molar-refractivity contribution in [3.05, 3.63) is 35.4 Å². The normalized spacial score (nSPS) is 30.3. The Balaban J connectivity index is 2.31. The van der Waals surface area contributed by atoms with Gasteiger partial charge in [0.15, 0.2) is 5.78 Å². The molecule has 2 rings (SSSR count). The van der Waals surface area contributed by atoms with Crippen LogP contribution in [-0.4, -0.2) is 16.7 Å². The van der Waals surface area contributed by atoms with Crippen LogP contribution in [0.15, 0.2) is 24.3 Å². The van der Waals surface area contributed by atoms with Crippen LogP contribution in [0, 0.1) is 17.2 Å². The van der Waals surface area contributed by atoms with Gasteiger partial charge in [0.25, 0.3) is 0 Å². The van der Waals surface area contributed by atoms with Crippen LogP contribution < -0.4 is 0 Å². The number of Topliss-reactive ketones (excluding diaryl/α,β-unsaturated/α-hetero) is 1. The molecule has 0 aliphatic carbocycles. The van der Waals surface area contributed by atoms with Gasteiger partial charge < -0.3 is 9.84 Å². The molecule has 0 saturated carbocycles. The molecule has 1 aliphatic rings. The number of hydrogen-bond donors (Lipinski definition) is 1. The third kappa shape index (κ3) is 2.53. The van der Waals surface area contributed by atoms with Crippen LogP contribution in [0.5, 0.6) is 0 Å². The predicted molar refractivity (Wildman–Crippen MR) is 69.0 cm³/mol. The van der Waals surface area contributed by atoms with Crippen molar-refractivity contribution in [3.8, 4) is 6.07 Å². The molecule has 4 heteroatoms. The number of carbonyl (C=O) groups is 1. The van der Waals surface area contributed by atoms with E-state index in [1.54, 1.807) is 24.3 Å². The quantitative estimate of drug-likeness (QED) is 0.904. The Kier molecular flexibility index (Phi) is 3.70. The molecule has 1 aliphatic heterocycles. The van der Waals surface area contributed by atoms with Gasteiger partial charge in [-0.05, 0) is 31.0 Å². The lowest BCUT2D eigenvalue weighted by Gasteiger charge is -2.17. The highest BCUT2D eigenvalue weighted by molar-refractivity contribution is 5.89. The second-order valence-corrected chi connectivity index (χ2v) is 5.01. The minimum absolute atomic E-state index is 0.260. The fourth-order valence-electron chi connectivity index (χ4n) is 2.51. The number of carbonyl (C=O) groups excluding carboxylic acids is 1. The van der Waals surface area contributed by atoms with Crippen molar-refractivity contribution in [2.45, 2.75) is 38.6 Å². The Morgan fingerprint density at radius 3 is 2.58 bits per heavy atom. The predicted octanol–water partition coefficient (Wildman–Crippen LogP) is 2.32. The van der Waals surface area contributed by atoms with Crippen LogP contribution in [0.1, 0.15) is 43.9 Å². The number of benzene rings is 1. The molecule has 3 atom stereocenters. The Bertz CT molecular complexity index is 513. The van der Waals surface area contributed by atoms with Crippen LogP contribution >= 0.6 is 0 Å². The van der Waals surface area contributed by atoms with Gasteiger partial charge in [-0.2, -0.15) is 5.26 Å². The first-order valence-corrected chi connectivity index (χ1v) is 6.44. The molecule has 0 amide bonds. The summed E-state index contributed by atoms with van der Waals surface area (Å²) >= 11 is 0. The number of nitrogens with zero attached hydrogens (tertiary/aromatic N) is 1. The fourth-order valence-corrected chi connectivity index (χ4v) is 2.51. The van der Waals surface area contributed by atoms with E-state index in [0.717, 1.165) is 12.0 Å². The number of rotatable bonds is 3. The highest BCUT2D eigenvalue weighted by Crippen LogP contribution is 2.42. The SMILES string of the molecule is CCC[C@@H]1C(=O)C(C)(O)O[C@H]1c1ccc(C#N)cc1. The zero-order valence-electron chi connectivity index (χ0n) is 11.1. The van der Waals surface area contributed by atoms with Crippen LogP contribution in [-0.2, 0) is 9.53 Å². The van der Waals surface area contributed by atoms with E-state index in [0.29, 0.717) is 12.0 Å². The molecule has 1 fully saturated rings. The van der Waals surface area contributed by atoms with Gasteiger partial charge in [0.05, 0.1) is 23.7 Å². The van der Waals surface area contributed by atoms with Crippen molar-refractivity contribution < 1.29 is 14.6 Å². The van der Waals surface area contributed by atoms with Gasteiger partial charge in [0.1, 0.15) is 0 Å². The van der Waals surface area contributed by atoms with Gasteiger partial charge in [0.2, 0.25) is 5.79 Å². The molecular formula is C15H17NO3. The molecule has 4 nitrogen and oxygen atoms in total. The second kappa shape index (κ2) is 5.12. The van der Waals surface area contributed by atoms with Gasteiger partial charge in [-0.15, -0.1) is 0 Å². The third-order valence-corrected chi connectivity index (χ3v) is 3.48. The van der Waals surface area contributed by atoms with E-state index in [1.807, 2.05) is 13.0 Å². The lowest BCUT2D eigenvalue weighted by atomic mass is 9.88. The summed E-state index contributed by atoms with van der Waals surface area (Å²) in [6, 6.07) is 8.99. The molecule has 1 aromatic carbocycles. The lowest BCUT2D eigenvalue weighted by Crippen LogP contribution is -2.33. The van der Waals surface area contributed by atoms with Crippen molar-refractivity contribution in [2.24, 2.45) is 5.92 Å². The Morgan fingerprint density at radius 2 is 2.05 bits per heavy atom. The first-order valence-electron chi connectivity index (χ1n) is 6.44. The first-order chi connectivity index (χ1) is 8.99. The number of aliphatic hydroxyl groups is 1. The second-order valence-electron chi connectivity index (χ2n) is 5.01. The van der Waals surface area contributed by atoms with Crippen molar-refractivity contribution in [3.63, 3.8) is 0 Å². The highest BCUT2D eigenvalue weighted by Gasteiger charge is 2.50. The smallest absolute Gasteiger partial charge is 0.224 e. The molecule has 19 heavy (non-hydrogen) atoms. The van der Waals surface area contributed by atoms with Crippen LogP contribution in [0.25, 0.3) is 0 Å². The summed E-state index contributed by atoms with van der Waals surface area (Å²) in [4.78, 5) is 12.1. The first kappa shape index (κ1) is 13.7. The molecule has 0 aromatic heterocycles. The molecule has 1 N–H and O–H groups in total. The maximum atomic E-state index is 12.1. The largest absolute Gasteiger partial charge is 0.360 e. The summed E-state index contributed by atoms with van der Waals surface area (Å²) in [5, 5.41) is 18.7. The zero-order chi connectivity index (χ0) is 14.0. The molecule has 0 spiro atoms. The van der Waals surface area contributed by atoms with Crippen molar-refractivity contribution >= 4 is 5.78 Å². The van der Waals surface area contributed by atoms with E-state index in [2.05, 4.69) is 0 Å². The number of hydrogen-bond acceptors (Lipinski definition) is 4. The van der Waals surface area contributed by atoms with Crippen molar-refractivity contribution in [2.75, 3.05) is 0 Å². The van der Waals surface area contributed by atoms with E-state index in [9.17, 15) is 9.90 Å². The molecular weight excluding hydrogens is 242 g/mol. The molecule has 0 radical (unpaired) electrons. The number of nitriles is 1. The number of ketones is 1. The lowest BCUT2D eigenvalue weighted by molar-refractivity contribution is -0.186. The van der Waals surface area contributed by atoms with Gasteiger partial charge in [-0.25, -0.2) is 0 Å². The Hall–Kier alpha value is -1.70. The van der Waals surface area contributed by atoms with Crippen LogP contribution in [0.3, 0.4) is 0 Å². The highest BCUT2D eigenvalue weighted by atomic mass is 16.6. The minimum Gasteiger partial charge on any atom is -0.360 e. The van der Waals surface area contributed by atoms with Crippen LogP contribution in [0.2, 0.25) is 0 Å². The average Bonchev–Trinajstić information content (AvgIpc) is 2.63. The molecule has 0 bridgehead atoms. The van der Waals surface area contributed by atoms with Crippen molar-refractivity contribution in [1.82, 2.24) is 0 Å². The summed E-state index contributed by atoms with van der Waals surface area (Å²) in [5.41, 5.74) is 1.38. The van der Waals surface area contributed by atoms with Gasteiger partial charge >= 0.3 is 0 Å². The molecule has 1 saturated heterocycles. The topological polar surface area (TPSA) is 70.3 Å². The third-order valence-electron chi connectivity index (χ3n) is 3.48.